The van der Waals surface area contributed by atoms with Gasteiger partial charge in [-0.05, 0) is 49.9 Å². The van der Waals surface area contributed by atoms with Gasteiger partial charge in [0.1, 0.15) is 5.69 Å². The van der Waals surface area contributed by atoms with Crippen molar-refractivity contribution in [2.75, 3.05) is 29.9 Å². The number of hydrogen-bond donors (Lipinski definition) is 1. The van der Waals surface area contributed by atoms with Gasteiger partial charge in [-0.1, -0.05) is 6.92 Å². The van der Waals surface area contributed by atoms with Gasteiger partial charge in [0.25, 0.3) is 10.9 Å². The lowest BCUT2D eigenvalue weighted by Crippen LogP contribution is -2.35. The van der Waals surface area contributed by atoms with Crippen LogP contribution in [0.4, 0.5) is 17.1 Å². The molecule has 1 aliphatic heterocycles. The van der Waals surface area contributed by atoms with Crippen LogP contribution >= 0.6 is 0 Å². The molecule has 5 nitrogen and oxygen atoms in total. The van der Waals surface area contributed by atoms with E-state index in [0.29, 0.717) is 6.61 Å². The van der Waals surface area contributed by atoms with E-state index in [2.05, 4.69) is 17.1 Å². The molecule has 1 fully saturated rings. The molecule has 23 heavy (non-hydrogen) atoms. The second-order valence-electron chi connectivity index (χ2n) is 6.14. The molecule has 1 N–H and O–H groups in total. The monoisotopic (exact) mass is 314 g/mol. The molecule has 0 spiro atoms. The molecule has 122 valence electrons. The average molecular weight is 314 g/mol. The molecule has 2 aromatic carbocycles. The largest absolute Gasteiger partial charge is 0.488 e. The Hall–Kier alpha value is -2.30. The lowest BCUT2D eigenvalue weighted by molar-refractivity contribution is 0.335. The second kappa shape index (κ2) is 6.44. The summed E-state index contributed by atoms with van der Waals surface area (Å²) in [5.41, 5.74) is 1.18. The molecule has 5 heteroatoms. The number of hydrogen-bond acceptors (Lipinski definition) is 5. The van der Waals surface area contributed by atoms with Crippen molar-refractivity contribution in [2.45, 2.75) is 26.7 Å². The summed E-state index contributed by atoms with van der Waals surface area (Å²) in [5, 5.41) is 3.00. The Morgan fingerprint density at radius 1 is 1.13 bits per heavy atom. The van der Waals surface area contributed by atoms with Crippen molar-refractivity contribution in [1.82, 2.24) is 0 Å². The number of benzene rings is 1. The van der Waals surface area contributed by atoms with Crippen LogP contribution < -0.4 is 25.8 Å². The van der Waals surface area contributed by atoms with Crippen LogP contribution in [0.2, 0.25) is 0 Å². The normalized spacial score (nSPS) is 15.8. The average Bonchev–Trinajstić information content (AvgIpc) is 2.59. The topological polar surface area (TPSA) is 58.6 Å². The van der Waals surface area contributed by atoms with Crippen molar-refractivity contribution in [1.29, 1.82) is 0 Å². The molecular formula is C18H22N2O3. The highest BCUT2D eigenvalue weighted by molar-refractivity contribution is 5.71. The predicted octanol–water partition coefficient (Wildman–Crippen LogP) is 2.66. The molecule has 0 amide bonds. The van der Waals surface area contributed by atoms with E-state index in [1.807, 2.05) is 24.3 Å². The first-order chi connectivity index (χ1) is 11.1. The molecule has 0 atom stereocenters. The zero-order valence-corrected chi connectivity index (χ0v) is 13.6. The standard InChI is InChI=1S/C18H22N2O3/c1-3-23-18-15(16(21)17(18)22)19-13-4-6-14(7-5-13)20-10-8-12(2)9-11-20/h4-7,12,19H,3,8-11H2,1-2H3. The minimum Gasteiger partial charge on any atom is -0.488 e. The minimum absolute atomic E-state index is 0.145. The van der Waals surface area contributed by atoms with E-state index in [0.717, 1.165) is 24.7 Å². The van der Waals surface area contributed by atoms with Crippen molar-refractivity contribution in [3.05, 3.63) is 44.7 Å². The maximum absolute atomic E-state index is 11.6. The Balaban J connectivity index is 1.70. The summed E-state index contributed by atoms with van der Waals surface area (Å²) in [6.45, 7) is 6.62. The van der Waals surface area contributed by atoms with E-state index >= 15 is 0 Å². The Labute approximate surface area is 135 Å². The van der Waals surface area contributed by atoms with E-state index in [1.54, 1.807) is 6.92 Å². The molecule has 0 radical (unpaired) electrons. The van der Waals surface area contributed by atoms with E-state index in [1.165, 1.54) is 18.5 Å². The maximum atomic E-state index is 11.6. The number of nitrogens with zero attached hydrogens (tertiary/aromatic N) is 1. The molecule has 0 aliphatic carbocycles. The molecule has 1 aliphatic rings. The van der Waals surface area contributed by atoms with Gasteiger partial charge >= 0.3 is 0 Å². The van der Waals surface area contributed by atoms with E-state index in [-0.39, 0.29) is 11.4 Å². The molecule has 0 unspecified atom stereocenters. The van der Waals surface area contributed by atoms with Gasteiger partial charge < -0.3 is 15.0 Å². The zero-order valence-electron chi connectivity index (χ0n) is 13.6. The van der Waals surface area contributed by atoms with Gasteiger partial charge in [0.05, 0.1) is 6.61 Å². The van der Waals surface area contributed by atoms with Gasteiger partial charge in [-0.25, -0.2) is 0 Å². The predicted molar refractivity (Wildman–Crippen MR) is 92.9 cm³/mol. The van der Waals surface area contributed by atoms with Crippen molar-refractivity contribution in [3.8, 4) is 5.75 Å². The molecule has 3 rings (SSSR count). The molecule has 1 heterocycles. The van der Waals surface area contributed by atoms with Crippen LogP contribution in [0, 0.1) is 5.92 Å². The van der Waals surface area contributed by atoms with Crippen LogP contribution in [0.15, 0.2) is 33.9 Å². The fraction of sp³-hybridized carbons (Fsp3) is 0.444. The summed E-state index contributed by atoms with van der Waals surface area (Å²) >= 11 is 0. The summed E-state index contributed by atoms with van der Waals surface area (Å²) < 4.78 is 5.21. The third kappa shape index (κ3) is 3.09. The van der Waals surface area contributed by atoms with Gasteiger partial charge in [0, 0.05) is 24.5 Å². The van der Waals surface area contributed by atoms with Gasteiger partial charge in [0.2, 0.25) is 0 Å². The number of nitrogens with one attached hydrogen (secondary N) is 1. The first-order valence-corrected chi connectivity index (χ1v) is 8.18. The van der Waals surface area contributed by atoms with Crippen molar-refractivity contribution in [3.63, 3.8) is 0 Å². The fourth-order valence-electron chi connectivity index (χ4n) is 2.93. The van der Waals surface area contributed by atoms with E-state index in [4.69, 9.17) is 4.74 Å². The molecule has 0 aromatic heterocycles. The maximum Gasteiger partial charge on any atom is 0.272 e. The fourth-order valence-corrected chi connectivity index (χ4v) is 2.93. The Morgan fingerprint density at radius 2 is 1.78 bits per heavy atom. The molecule has 0 bridgehead atoms. The van der Waals surface area contributed by atoms with E-state index < -0.39 is 10.9 Å². The molecule has 1 saturated heterocycles. The van der Waals surface area contributed by atoms with Crippen LogP contribution in [-0.4, -0.2) is 19.7 Å². The quantitative estimate of drug-likeness (QED) is 0.860. The molecular weight excluding hydrogens is 292 g/mol. The van der Waals surface area contributed by atoms with E-state index in [9.17, 15) is 9.59 Å². The van der Waals surface area contributed by atoms with Gasteiger partial charge in [-0.3, -0.25) is 9.59 Å². The molecule has 0 saturated carbocycles. The highest BCUT2D eigenvalue weighted by Gasteiger charge is 2.22. The van der Waals surface area contributed by atoms with Crippen LogP contribution in [-0.2, 0) is 0 Å². The van der Waals surface area contributed by atoms with Gasteiger partial charge in [-0.15, -0.1) is 0 Å². The third-order valence-corrected chi connectivity index (χ3v) is 4.44. The number of piperidine rings is 1. The smallest absolute Gasteiger partial charge is 0.272 e. The number of rotatable bonds is 5. The van der Waals surface area contributed by atoms with Crippen LogP contribution in [0.3, 0.4) is 0 Å². The Morgan fingerprint density at radius 3 is 2.39 bits per heavy atom. The number of ether oxygens (including phenoxy) is 1. The molecule has 2 aromatic rings. The second-order valence-corrected chi connectivity index (χ2v) is 6.14. The first-order valence-electron chi connectivity index (χ1n) is 8.18. The Bertz CT molecular complexity index is 737. The van der Waals surface area contributed by atoms with Gasteiger partial charge in [-0.2, -0.15) is 0 Å². The van der Waals surface area contributed by atoms with Crippen LogP contribution in [0.1, 0.15) is 26.7 Å². The van der Waals surface area contributed by atoms with Crippen molar-refractivity contribution >= 4 is 17.1 Å². The lowest BCUT2D eigenvalue weighted by Gasteiger charge is -2.32. The van der Waals surface area contributed by atoms with Crippen molar-refractivity contribution in [2.24, 2.45) is 5.92 Å². The highest BCUT2D eigenvalue weighted by Crippen LogP contribution is 2.27. The highest BCUT2D eigenvalue weighted by atomic mass is 16.5. The lowest BCUT2D eigenvalue weighted by atomic mass is 9.99. The summed E-state index contributed by atoms with van der Waals surface area (Å²) in [6.07, 6.45) is 2.45. The van der Waals surface area contributed by atoms with Crippen LogP contribution in [0.25, 0.3) is 0 Å². The summed E-state index contributed by atoms with van der Waals surface area (Å²) in [5.74, 6) is 0.949. The van der Waals surface area contributed by atoms with Crippen LogP contribution in [0.5, 0.6) is 5.75 Å². The number of anilines is 3. The Kier molecular flexibility index (Phi) is 4.37. The summed E-state index contributed by atoms with van der Waals surface area (Å²) in [4.78, 5) is 25.5. The summed E-state index contributed by atoms with van der Waals surface area (Å²) in [7, 11) is 0. The van der Waals surface area contributed by atoms with Crippen molar-refractivity contribution < 1.29 is 4.74 Å². The zero-order chi connectivity index (χ0) is 16.4. The summed E-state index contributed by atoms with van der Waals surface area (Å²) in [6, 6.07) is 7.95. The SMILES string of the molecule is CCOc1c(Nc2ccc(N3CCC(C)CC3)cc2)c(=O)c1=O. The third-order valence-electron chi connectivity index (χ3n) is 4.44. The minimum atomic E-state index is -0.548. The van der Waals surface area contributed by atoms with Gasteiger partial charge in [0.15, 0.2) is 5.75 Å². The first kappa shape index (κ1) is 15.6.